The number of benzene rings is 1. The fourth-order valence-corrected chi connectivity index (χ4v) is 8.04. The molecule has 56 heavy (non-hydrogen) atoms. The Hall–Kier alpha value is -2.45. The van der Waals surface area contributed by atoms with E-state index in [4.69, 9.17) is 9.47 Å². The van der Waals surface area contributed by atoms with Crippen LogP contribution >= 0.6 is 0 Å². The SMILES string of the molecule is C=CCCCCCCCCCCCCCCCCCCOC(=O)c1cccc(S(=O)(=O)O)c1C(=O)OCCCCCCCCCCCCCCCCCCC=C. The third kappa shape index (κ3) is 28.9. The molecule has 0 heterocycles. The number of hydrogen-bond donors (Lipinski definition) is 1. The van der Waals surface area contributed by atoms with Crippen LogP contribution in [-0.2, 0) is 19.6 Å². The van der Waals surface area contributed by atoms with Gasteiger partial charge in [-0.15, -0.1) is 13.2 Å². The molecule has 0 aliphatic heterocycles. The molecule has 1 rings (SSSR count). The first-order valence-corrected chi connectivity index (χ1v) is 24.4. The molecule has 0 amide bonds. The van der Waals surface area contributed by atoms with E-state index in [2.05, 4.69) is 13.2 Å². The van der Waals surface area contributed by atoms with Gasteiger partial charge >= 0.3 is 11.9 Å². The van der Waals surface area contributed by atoms with Gasteiger partial charge in [0.15, 0.2) is 0 Å². The van der Waals surface area contributed by atoms with Gasteiger partial charge in [0.25, 0.3) is 10.1 Å². The van der Waals surface area contributed by atoms with Crippen molar-refractivity contribution in [2.24, 2.45) is 0 Å². The minimum Gasteiger partial charge on any atom is -0.462 e. The van der Waals surface area contributed by atoms with Gasteiger partial charge < -0.3 is 9.47 Å². The van der Waals surface area contributed by atoms with Crippen molar-refractivity contribution >= 4 is 22.1 Å². The Balaban J connectivity index is 2.18. The van der Waals surface area contributed by atoms with Crippen molar-refractivity contribution in [1.29, 1.82) is 0 Å². The summed E-state index contributed by atoms with van der Waals surface area (Å²) in [6.07, 6.45) is 45.6. The number of carbonyl (C=O) groups excluding carboxylic acids is 2. The van der Waals surface area contributed by atoms with E-state index >= 15 is 0 Å². The zero-order valence-electron chi connectivity index (χ0n) is 35.6. The number of allylic oxidation sites excluding steroid dienone is 2. The third-order valence-electron chi connectivity index (χ3n) is 10.8. The highest BCUT2D eigenvalue weighted by molar-refractivity contribution is 7.86. The molecule has 0 atom stereocenters. The lowest BCUT2D eigenvalue weighted by Crippen LogP contribution is -2.19. The molecule has 0 aromatic heterocycles. The third-order valence-corrected chi connectivity index (χ3v) is 11.7. The summed E-state index contributed by atoms with van der Waals surface area (Å²) < 4.78 is 44.9. The predicted octanol–water partition coefficient (Wildman–Crippen LogP) is 14.9. The smallest absolute Gasteiger partial charge is 0.340 e. The molecule has 0 radical (unpaired) electrons. The summed E-state index contributed by atoms with van der Waals surface area (Å²) in [7, 11) is -4.77. The standard InChI is InChI=1S/C48H82O7S/c1-3-5-7-9-11-13-15-17-19-21-23-25-27-29-31-33-35-37-42-54-47(49)44-40-39-41-45(56(51,52)53)46(44)48(50)55-43-38-36-34-32-30-28-26-24-22-20-18-16-14-12-10-8-6-4-2/h3-4,39-41H,1-2,5-38,42-43H2,(H,51,52,53). The fraction of sp³-hybridized carbons (Fsp3) is 0.750. The molecule has 8 heteroatoms. The lowest BCUT2D eigenvalue weighted by atomic mass is 10.0. The zero-order chi connectivity index (χ0) is 40.8. The van der Waals surface area contributed by atoms with Crippen molar-refractivity contribution in [3.8, 4) is 0 Å². The van der Waals surface area contributed by atoms with Gasteiger partial charge in [-0.3, -0.25) is 4.55 Å². The highest BCUT2D eigenvalue weighted by Gasteiger charge is 2.28. The molecular formula is C48H82O7S. The summed E-state index contributed by atoms with van der Waals surface area (Å²) in [5, 5.41) is 0. The Morgan fingerprint density at radius 1 is 0.464 bits per heavy atom. The van der Waals surface area contributed by atoms with Crippen molar-refractivity contribution in [1.82, 2.24) is 0 Å². The maximum absolute atomic E-state index is 13.1. The molecule has 1 aromatic rings. The van der Waals surface area contributed by atoms with E-state index in [0.717, 1.165) is 57.4 Å². The van der Waals surface area contributed by atoms with Gasteiger partial charge in [0.1, 0.15) is 4.90 Å². The predicted molar refractivity (Wildman–Crippen MR) is 234 cm³/mol. The van der Waals surface area contributed by atoms with Gasteiger partial charge in [0.05, 0.1) is 24.3 Å². The van der Waals surface area contributed by atoms with Crippen molar-refractivity contribution in [2.45, 2.75) is 223 Å². The van der Waals surface area contributed by atoms with Crippen LogP contribution in [0.5, 0.6) is 0 Å². The first-order chi connectivity index (χ1) is 27.3. The maximum Gasteiger partial charge on any atom is 0.340 e. The first-order valence-electron chi connectivity index (χ1n) is 23.0. The minimum atomic E-state index is -4.77. The van der Waals surface area contributed by atoms with Gasteiger partial charge in [-0.1, -0.05) is 198 Å². The molecule has 0 saturated carbocycles. The molecule has 0 spiro atoms. The molecule has 0 aliphatic rings. The van der Waals surface area contributed by atoms with E-state index in [9.17, 15) is 22.6 Å². The lowest BCUT2D eigenvalue weighted by Gasteiger charge is -2.13. The van der Waals surface area contributed by atoms with Crippen molar-refractivity contribution in [3.63, 3.8) is 0 Å². The summed E-state index contributed by atoms with van der Waals surface area (Å²) in [6.45, 7) is 7.85. The zero-order valence-corrected chi connectivity index (χ0v) is 36.4. The van der Waals surface area contributed by atoms with Crippen molar-refractivity contribution in [2.75, 3.05) is 13.2 Å². The Bertz CT molecular complexity index is 1240. The second kappa shape index (κ2) is 36.9. The van der Waals surface area contributed by atoms with E-state index in [1.807, 2.05) is 12.2 Å². The van der Waals surface area contributed by atoms with Gasteiger partial charge in [-0.05, 0) is 50.7 Å². The summed E-state index contributed by atoms with van der Waals surface area (Å²) in [4.78, 5) is 25.4. The van der Waals surface area contributed by atoms with Crippen LogP contribution in [0.2, 0.25) is 0 Å². The Morgan fingerprint density at radius 2 is 0.750 bits per heavy atom. The molecule has 1 aromatic carbocycles. The number of rotatable bonds is 41. The number of carbonyl (C=O) groups is 2. The molecule has 0 bridgehead atoms. The molecule has 322 valence electrons. The van der Waals surface area contributed by atoms with Crippen LogP contribution in [0.15, 0.2) is 48.4 Å². The van der Waals surface area contributed by atoms with E-state index in [-0.39, 0.29) is 18.8 Å². The average Bonchev–Trinajstić information content (AvgIpc) is 3.18. The van der Waals surface area contributed by atoms with Gasteiger partial charge in [0.2, 0.25) is 0 Å². The summed E-state index contributed by atoms with van der Waals surface area (Å²) in [5.74, 6) is -1.74. The van der Waals surface area contributed by atoms with Crippen LogP contribution in [0, 0.1) is 0 Å². The van der Waals surface area contributed by atoms with Gasteiger partial charge in [0, 0.05) is 0 Å². The summed E-state index contributed by atoms with van der Waals surface area (Å²) >= 11 is 0. The molecule has 1 N–H and O–H groups in total. The molecule has 7 nitrogen and oxygen atoms in total. The van der Waals surface area contributed by atoms with Gasteiger partial charge in [-0.2, -0.15) is 8.42 Å². The van der Waals surface area contributed by atoms with Crippen LogP contribution in [0.25, 0.3) is 0 Å². The number of ether oxygens (including phenoxy) is 2. The first kappa shape index (κ1) is 51.6. The highest BCUT2D eigenvalue weighted by Crippen LogP contribution is 2.23. The molecule has 0 fully saturated rings. The van der Waals surface area contributed by atoms with Crippen LogP contribution < -0.4 is 0 Å². The number of hydrogen-bond acceptors (Lipinski definition) is 6. The minimum absolute atomic E-state index is 0.110. The quantitative estimate of drug-likeness (QED) is 0.0304. The van der Waals surface area contributed by atoms with Crippen LogP contribution in [-0.4, -0.2) is 38.1 Å². The van der Waals surface area contributed by atoms with E-state index < -0.39 is 32.5 Å². The van der Waals surface area contributed by atoms with Gasteiger partial charge in [-0.25, -0.2) is 9.59 Å². The second-order valence-corrected chi connectivity index (χ2v) is 17.3. The van der Waals surface area contributed by atoms with Crippen molar-refractivity contribution < 1.29 is 32.0 Å². The highest BCUT2D eigenvalue weighted by atomic mass is 32.2. The Kier molecular flexibility index (Phi) is 33.9. The largest absolute Gasteiger partial charge is 0.462 e. The Labute approximate surface area is 344 Å². The van der Waals surface area contributed by atoms with Crippen LogP contribution in [0.3, 0.4) is 0 Å². The molecular weight excluding hydrogens is 721 g/mol. The average molecular weight is 803 g/mol. The summed E-state index contributed by atoms with van der Waals surface area (Å²) in [6, 6.07) is 3.76. The molecule has 0 unspecified atom stereocenters. The topological polar surface area (TPSA) is 107 Å². The monoisotopic (exact) mass is 803 g/mol. The fourth-order valence-electron chi connectivity index (χ4n) is 7.34. The number of esters is 2. The van der Waals surface area contributed by atoms with E-state index in [1.165, 1.54) is 166 Å². The van der Waals surface area contributed by atoms with Crippen LogP contribution in [0.1, 0.15) is 239 Å². The normalized spacial score (nSPS) is 11.4. The molecule has 0 saturated heterocycles. The van der Waals surface area contributed by atoms with E-state index in [1.54, 1.807) is 0 Å². The van der Waals surface area contributed by atoms with E-state index in [0.29, 0.717) is 12.8 Å². The second-order valence-electron chi connectivity index (χ2n) is 15.9. The Morgan fingerprint density at radius 3 is 1.05 bits per heavy atom. The summed E-state index contributed by atoms with van der Waals surface area (Å²) in [5.41, 5.74) is -0.673. The number of unbranched alkanes of at least 4 members (excludes halogenated alkanes) is 32. The molecule has 0 aliphatic carbocycles. The lowest BCUT2D eigenvalue weighted by molar-refractivity contribution is 0.0446. The maximum atomic E-state index is 13.1. The van der Waals surface area contributed by atoms with Crippen molar-refractivity contribution in [3.05, 3.63) is 54.6 Å². The van der Waals surface area contributed by atoms with Crippen LogP contribution in [0.4, 0.5) is 0 Å².